The van der Waals surface area contributed by atoms with E-state index in [1.54, 1.807) is 12.1 Å². The van der Waals surface area contributed by atoms with Crippen molar-refractivity contribution in [2.45, 2.75) is 31.2 Å². The van der Waals surface area contributed by atoms with Gasteiger partial charge in [0.25, 0.3) is 0 Å². The van der Waals surface area contributed by atoms with Gasteiger partial charge in [-0.15, -0.1) is 0 Å². The van der Waals surface area contributed by atoms with Crippen LogP contribution in [-0.4, -0.2) is 34.7 Å². The summed E-state index contributed by atoms with van der Waals surface area (Å²) in [4.78, 5) is 0.369. The van der Waals surface area contributed by atoms with E-state index in [9.17, 15) is 8.42 Å². The van der Waals surface area contributed by atoms with Gasteiger partial charge in [0.05, 0.1) is 4.90 Å². The Morgan fingerprint density at radius 2 is 2.14 bits per heavy atom. The maximum absolute atomic E-state index is 12.4. The van der Waals surface area contributed by atoms with E-state index in [4.69, 9.17) is 4.74 Å². The lowest BCUT2D eigenvalue weighted by molar-refractivity contribution is 0.184. The molecule has 1 fully saturated rings. The van der Waals surface area contributed by atoms with Crippen LogP contribution >= 0.6 is 0 Å². The second-order valence-corrected chi connectivity index (χ2v) is 7.04. The summed E-state index contributed by atoms with van der Waals surface area (Å²) >= 11 is 0. The fourth-order valence-corrected chi connectivity index (χ4v) is 3.74. The number of rotatable bonds is 8. The molecular weight excluding hydrogens is 288 g/mol. The topological polar surface area (TPSA) is 67.4 Å². The molecule has 2 N–H and O–H groups in total. The van der Waals surface area contributed by atoms with Gasteiger partial charge >= 0.3 is 0 Å². The predicted molar refractivity (Wildman–Crippen MR) is 82.6 cm³/mol. The van der Waals surface area contributed by atoms with Crippen molar-refractivity contribution in [1.82, 2.24) is 10.0 Å². The zero-order valence-electron chi connectivity index (χ0n) is 12.5. The molecule has 5 nitrogen and oxygen atoms in total. The number of nitrogens with one attached hydrogen (secondary N) is 2. The van der Waals surface area contributed by atoms with E-state index in [0.717, 1.165) is 38.2 Å². The largest absolute Gasteiger partial charge is 0.381 e. The minimum Gasteiger partial charge on any atom is -0.381 e. The number of hydrogen-bond donors (Lipinski definition) is 2. The minimum absolute atomic E-state index is 0.369. The molecule has 0 bridgehead atoms. The SMILES string of the molecule is CCNCc1ccccc1S(=O)(=O)NCCC1CCOC1. The molecule has 0 aromatic heterocycles. The summed E-state index contributed by atoms with van der Waals surface area (Å²) < 4.78 is 32.8. The number of benzene rings is 1. The van der Waals surface area contributed by atoms with Crippen molar-refractivity contribution in [2.24, 2.45) is 5.92 Å². The summed E-state index contributed by atoms with van der Waals surface area (Å²) in [6, 6.07) is 7.13. The van der Waals surface area contributed by atoms with Gasteiger partial charge in [-0.25, -0.2) is 13.1 Å². The van der Waals surface area contributed by atoms with E-state index in [0.29, 0.717) is 23.9 Å². The average molecular weight is 312 g/mol. The van der Waals surface area contributed by atoms with Crippen molar-refractivity contribution in [3.05, 3.63) is 29.8 Å². The van der Waals surface area contributed by atoms with Gasteiger partial charge in [-0.1, -0.05) is 25.1 Å². The third-order valence-corrected chi connectivity index (χ3v) is 5.26. The molecule has 6 heteroatoms. The van der Waals surface area contributed by atoms with Crippen molar-refractivity contribution < 1.29 is 13.2 Å². The molecule has 1 unspecified atom stereocenters. The molecule has 1 aliphatic heterocycles. The molecule has 0 spiro atoms. The second kappa shape index (κ2) is 7.89. The van der Waals surface area contributed by atoms with Gasteiger partial charge in [0.2, 0.25) is 10.0 Å². The van der Waals surface area contributed by atoms with E-state index in [1.807, 2.05) is 19.1 Å². The van der Waals surface area contributed by atoms with Crippen LogP contribution in [0.2, 0.25) is 0 Å². The first-order valence-electron chi connectivity index (χ1n) is 7.49. The predicted octanol–water partition coefficient (Wildman–Crippen LogP) is 1.50. The van der Waals surface area contributed by atoms with E-state index >= 15 is 0 Å². The Labute approximate surface area is 127 Å². The summed E-state index contributed by atoms with van der Waals surface area (Å²) in [6.45, 7) is 5.38. The van der Waals surface area contributed by atoms with Gasteiger partial charge in [-0.05, 0) is 36.9 Å². The molecule has 0 radical (unpaired) electrons. The Hall–Kier alpha value is -0.950. The van der Waals surface area contributed by atoms with Crippen molar-refractivity contribution in [1.29, 1.82) is 0 Å². The van der Waals surface area contributed by atoms with Crippen molar-refractivity contribution in [3.8, 4) is 0 Å². The molecule has 0 amide bonds. The zero-order chi connectivity index (χ0) is 15.1. The molecule has 1 aliphatic rings. The van der Waals surface area contributed by atoms with E-state index in [2.05, 4.69) is 10.0 Å². The van der Waals surface area contributed by atoms with Crippen LogP contribution in [0.1, 0.15) is 25.3 Å². The first kappa shape index (κ1) is 16.4. The van der Waals surface area contributed by atoms with Crippen LogP contribution in [0.25, 0.3) is 0 Å². The van der Waals surface area contributed by atoms with E-state index in [1.165, 1.54) is 0 Å². The molecule has 0 saturated carbocycles. The third-order valence-electron chi connectivity index (χ3n) is 3.70. The Morgan fingerprint density at radius 3 is 2.86 bits per heavy atom. The highest BCUT2D eigenvalue weighted by molar-refractivity contribution is 7.89. The van der Waals surface area contributed by atoms with Crippen LogP contribution in [-0.2, 0) is 21.3 Å². The first-order chi connectivity index (χ1) is 10.1. The van der Waals surface area contributed by atoms with Gasteiger partial charge in [0.1, 0.15) is 0 Å². The molecule has 0 aliphatic carbocycles. The molecule has 2 rings (SSSR count). The highest BCUT2D eigenvalue weighted by atomic mass is 32.2. The maximum atomic E-state index is 12.4. The monoisotopic (exact) mass is 312 g/mol. The Bertz CT molecular complexity index is 540. The first-order valence-corrected chi connectivity index (χ1v) is 8.98. The van der Waals surface area contributed by atoms with Gasteiger partial charge in [-0.2, -0.15) is 0 Å². The molecular formula is C15H24N2O3S. The van der Waals surface area contributed by atoms with Crippen LogP contribution in [0.4, 0.5) is 0 Å². The van der Waals surface area contributed by atoms with Crippen LogP contribution < -0.4 is 10.0 Å². The van der Waals surface area contributed by atoms with Gasteiger partial charge < -0.3 is 10.1 Å². The fourth-order valence-electron chi connectivity index (χ4n) is 2.46. The molecule has 1 aromatic carbocycles. The van der Waals surface area contributed by atoms with E-state index < -0.39 is 10.0 Å². The summed E-state index contributed by atoms with van der Waals surface area (Å²) in [6.07, 6.45) is 1.85. The Balaban J connectivity index is 1.97. The van der Waals surface area contributed by atoms with Crippen molar-refractivity contribution in [2.75, 3.05) is 26.3 Å². The molecule has 118 valence electrons. The Morgan fingerprint density at radius 1 is 1.33 bits per heavy atom. The molecule has 21 heavy (non-hydrogen) atoms. The lowest BCUT2D eigenvalue weighted by Crippen LogP contribution is -2.28. The van der Waals surface area contributed by atoms with Crippen molar-refractivity contribution in [3.63, 3.8) is 0 Å². The highest BCUT2D eigenvalue weighted by Crippen LogP contribution is 2.17. The number of ether oxygens (including phenoxy) is 1. The quantitative estimate of drug-likeness (QED) is 0.763. The lowest BCUT2D eigenvalue weighted by atomic mass is 10.1. The molecule has 1 heterocycles. The summed E-state index contributed by atoms with van der Waals surface area (Å²) in [5.74, 6) is 0.477. The molecule has 1 saturated heterocycles. The fraction of sp³-hybridized carbons (Fsp3) is 0.600. The van der Waals surface area contributed by atoms with Crippen LogP contribution in [0.5, 0.6) is 0 Å². The van der Waals surface area contributed by atoms with Crippen LogP contribution in [0.15, 0.2) is 29.2 Å². The summed E-state index contributed by atoms with van der Waals surface area (Å²) in [7, 11) is -3.44. The normalized spacial score (nSPS) is 19.0. The van der Waals surface area contributed by atoms with Gasteiger partial charge in [-0.3, -0.25) is 0 Å². The Kier molecular flexibility index (Phi) is 6.17. The number of hydrogen-bond acceptors (Lipinski definition) is 4. The zero-order valence-corrected chi connectivity index (χ0v) is 13.3. The van der Waals surface area contributed by atoms with Gasteiger partial charge in [0, 0.05) is 26.3 Å². The van der Waals surface area contributed by atoms with Gasteiger partial charge in [0.15, 0.2) is 0 Å². The average Bonchev–Trinajstić information content (AvgIpc) is 2.98. The highest BCUT2D eigenvalue weighted by Gasteiger charge is 2.20. The standard InChI is InChI=1S/C15H24N2O3S/c1-2-16-11-14-5-3-4-6-15(14)21(18,19)17-9-7-13-8-10-20-12-13/h3-6,13,16-17H,2,7-12H2,1H3. The molecule has 1 aromatic rings. The third kappa shape index (κ3) is 4.78. The lowest BCUT2D eigenvalue weighted by Gasteiger charge is -2.13. The maximum Gasteiger partial charge on any atom is 0.240 e. The summed E-state index contributed by atoms with van der Waals surface area (Å²) in [5, 5.41) is 3.17. The smallest absolute Gasteiger partial charge is 0.240 e. The van der Waals surface area contributed by atoms with E-state index in [-0.39, 0.29) is 0 Å². The van der Waals surface area contributed by atoms with Crippen LogP contribution in [0.3, 0.4) is 0 Å². The number of sulfonamides is 1. The second-order valence-electron chi connectivity index (χ2n) is 5.30. The minimum atomic E-state index is -3.44. The van der Waals surface area contributed by atoms with Crippen molar-refractivity contribution >= 4 is 10.0 Å². The summed E-state index contributed by atoms with van der Waals surface area (Å²) in [5.41, 5.74) is 0.802. The molecule has 1 atom stereocenters. The van der Waals surface area contributed by atoms with Crippen LogP contribution in [0, 0.1) is 5.92 Å².